The first-order chi connectivity index (χ1) is 10.2. The number of hydrogen-bond donors (Lipinski definition) is 0. The number of hydrogen-bond acceptors (Lipinski definition) is 3. The summed E-state index contributed by atoms with van der Waals surface area (Å²) in [5, 5.41) is 0. The first-order valence-electron chi connectivity index (χ1n) is 7.27. The number of carbonyl (C=O) groups is 1. The van der Waals surface area contributed by atoms with E-state index in [0.717, 1.165) is 26.2 Å². The Morgan fingerprint density at radius 2 is 2.05 bits per heavy atom. The molecule has 2 heterocycles. The van der Waals surface area contributed by atoms with E-state index in [1.54, 1.807) is 12.5 Å². The third-order valence-electron chi connectivity index (χ3n) is 3.88. The van der Waals surface area contributed by atoms with E-state index < -0.39 is 0 Å². The van der Waals surface area contributed by atoms with Gasteiger partial charge in [0.05, 0.1) is 6.33 Å². The summed E-state index contributed by atoms with van der Waals surface area (Å²) in [7, 11) is 0. The first-order valence-corrected chi connectivity index (χ1v) is 7.27. The molecule has 0 saturated carbocycles. The summed E-state index contributed by atoms with van der Waals surface area (Å²) in [4.78, 5) is 20.5. The van der Waals surface area contributed by atoms with Crippen molar-refractivity contribution < 1.29 is 4.79 Å². The summed E-state index contributed by atoms with van der Waals surface area (Å²) in [6.07, 6.45) is 5.20. The average Bonchev–Trinajstić information content (AvgIpc) is 3.00. The Kier molecular flexibility index (Phi) is 3.90. The number of carbonyl (C=O) groups excluding carboxylic acids is 1. The number of aromatic nitrogens is 2. The molecular formula is C16H20N4O. The molecule has 0 unspecified atom stereocenters. The second-order valence-electron chi connectivity index (χ2n) is 5.44. The number of aryl methyl sites for hydroxylation is 1. The van der Waals surface area contributed by atoms with Gasteiger partial charge in [-0.3, -0.25) is 4.79 Å². The van der Waals surface area contributed by atoms with Gasteiger partial charge >= 0.3 is 0 Å². The van der Waals surface area contributed by atoms with Crippen molar-refractivity contribution in [3.05, 3.63) is 48.5 Å². The Labute approximate surface area is 124 Å². The van der Waals surface area contributed by atoms with Gasteiger partial charge < -0.3 is 14.4 Å². The van der Waals surface area contributed by atoms with Crippen molar-refractivity contribution in [2.75, 3.05) is 31.1 Å². The first kappa shape index (κ1) is 13.7. The van der Waals surface area contributed by atoms with E-state index in [2.05, 4.69) is 41.1 Å². The Balaban J connectivity index is 1.56. The molecule has 0 N–H and O–H groups in total. The van der Waals surface area contributed by atoms with Crippen LogP contribution in [0.2, 0.25) is 0 Å². The van der Waals surface area contributed by atoms with Gasteiger partial charge in [-0.15, -0.1) is 0 Å². The largest absolute Gasteiger partial charge is 0.368 e. The highest BCUT2D eigenvalue weighted by Crippen LogP contribution is 2.17. The minimum atomic E-state index is 0.164. The molecule has 0 bridgehead atoms. The lowest BCUT2D eigenvalue weighted by atomic mass is 10.2. The molecule has 5 heteroatoms. The molecule has 110 valence electrons. The fourth-order valence-electron chi connectivity index (χ4n) is 2.68. The van der Waals surface area contributed by atoms with Crippen LogP contribution >= 0.6 is 0 Å². The number of anilines is 1. The summed E-state index contributed by atoms with van der Waals surface area (Å²) >= 11 is 0. The van der Waals surface area contributed by atoms with Gasteiger partial charge in [-0.05, 0) is 24.6 Å². The maximum absolute atomic E-state index is 12.2. The van der Waals surface area contributed by atoms with Crippen LogP contribution in [0, 0.1) is 6.92 Å². The number of piperazine rings is 1. The minimum absolute atomic E-state index is 0.164. The van der Waals surface area contributed by atoms with E-state index in [-0.39, 0.29) is 5.91 Å². The zero-order chi connectivity index (χ0) is 14.7. The molecule has 5 nitrogen and oxygen atoms in total. The summed E-state index contributed by atoms with van der Waals surface area (Å²) < 4.78 is 1.81. The van der Waals surface area contributed by atoms with E-state index >= 15 is 0 Å². The molecule has 0 radical (unpaired) electrons. The van der Waals surface area contributed by atoms with Crippen LogP contribution in [0.15, 0.2) is 43.0 Å². The van der Waals surface area contributed by atoms with Gasteiger partial charge in [0.2, 0.25) is 5.91 Å². The zero-order valence-electron chi connectivity index (χ0n) is 12.3. The predicted octanol–water partition coefficient (Wildman–Crippen LogP) is 1.54. The van der Waals surface area contributed by atoms with Gasteiger partial charge in [0.15, 0.2) is 0 Å². The molecule has 0 spiro atoms. The second-order valence-corrected chi connectivity index (χ2v) is 5.44. The van der Waals surface area contributed by atoms with Crippen LogP contribution in [0.25, 0.3) is 0 Å². The molecule has 0 atom stereocenters. The number of nitrogens with zero attached hydrogens (tertiary/aromatic N) is 4. The van der Waals surface area contributed by atoms with Gasteiger partial charge in [-0.1, -0.05) is 12.1 Å². The highest BCUT2D eigenvalue weighted by Gasteiger charge is 2.21. The molecule has 3 rings (SSSR count). The van der Waals surface area contributed by atoms with E-state index in [4.69, 9.17) is 0 Å². The Bertz CT molecular complexity index is 600. The number of benzene rings is 1. The minimum Gasteiger partial charge on any atom is -0.368 e. The molecule has 1 amide bonds. The monoisotopic (exact) mass is 284 g/mol. The van der Waals surface area contributed by atoms with Crippen molar-refractivity contribution in [3.63, 3.8) is 0 Å². The van der Waals surface area contributed by atoms with Crippen molar-refractivity contribution in [2.45, 2.75) is 13.5 Å². The maximum atomic E-state index is 12.2. The van der Waals surface area contributed by atoms with Crippen LogP contribution in [0.3, 0.4) is 0 Å². The van der Waals surface area contributed by atoms with Crippen molar-refractivity contribution in [1.29, 1.82) is 0 Å². The Morgan fingerprint density at radius 3 is 2.71 bits per heavy atom. The maximum Gasteiger partial charge on any atom is 0.242 e. The fraction of sp³-hybridized carbons (Fsp3) is 0.375. The summed E-state index contributed by atoms with van der Waals surface area (Å²) in [5.41, 5.74) is 2.52. The highest BCUT2D eigenvalue weighted by molar-refractivity contribution is 5.76. The van der Waals surface area contributed by atoms with Gasteiger partial charge in [-0.2, -0.15) is 0 Å². The molecule has 0 aliphatic carbocycles. The SMILES string of the molecule is Cc1cccc(N2CCN(C(=O)Cn3ccnc3)CC2)c1. The van der Waals surface area contributed by atoms with Crippen LogP contribution in [0.4, 0.5) is 5.69 Å². The lowest BCUT2D eigenvalue weighted by Gasteiger charge is -2.36. The molecule has 2 aromatic rings. The van der Waals surface area contributed by atoms with Crippen LogP contribution in [0.1, 0.15) is 5.56 Å². The van der Waals surface area contributed by atoms with Gasteiger partial charge in [-0.25, -0.2) is 4.98 Å². The topological polar surface area (TPSA) is 41.4 Å². The van der Waals surface area contributed by atoms with Crippen LogP contribution in [-0.4, -0.2) is 46.5 Å². The lowest BCUT2D eigenvalue weighted by Crippen LogP contribution is -2.49. The quantitative estimate of drug-likeness (QED) is 0.858. The van der Waals surface area contributed by atoms with Crippen molar-refractivity contribution >= 4 is 11.6 Å². The fourth-order valence-corrected chi connectivity index (χ4v) is 2.68. The molecule has 1 aliphatic heterocycles. The zero-order valence-corrected chi connectivity index (χ0v) is 12.3. The summed E-state index contributed by atoms with van der Waals surface area (Å²) in [6.45, 7) is 5.82. The Morgan fingerprint density at radius 1 is 1.24 bits per heavy atom. The van der Waals surface area contributed by atoms with E-state index in [1.807, 2.05) is 15.7 Å². The average molecular weight is 284 g/mol. The van der Waals surface area contributed by atoms with E-state index in [0.29, 0.717) is 6.54 Å². The van der Waals surface area contributed by atoms with Crippen molar-refractivity contribution in [1.82, 2.24) is 14.5 Å². The van der Waals surface area contributed by atoms with Crippen LogP contribution in [0.5, 0.6) is 0 Å². The molecule has 1 aromatic heterocycles. The molecule has 1 aliphatic rings. The standard InChI is InChI=1S/C16H20N4O/c1-14-3-2-4-15(11-14)19-7-9-20(10-8-19)16(21)12-18-6-5-17-13-18/h2-6,11,13H,7-10,12H2,1H3. The predicted molar refractivity (Wildman–Crippen MR) is 82.2 cm³/mol. The number of imidazole rings is 1. The van der Waals surface area contributed by atoms with Crippen molar-refractivity contribution in [3.8, 4) is 0 Å². The third-order valence-corrected chi connectivity index (χ3v) is 3.88. The molecule has 1 aromatic carbocycles. The smallest absolute Gasteiger partial charge is 0.242 e. The summed E-state index contributed by atoms with van der Waals surface area (Å²) in [6, 6.07) is 8.52. The summed E-state index contributed by atoms with van der Waals surface area (Å²) in [5.74, 6) is 0.164. The van der Waals surface area contributed by atoms with E-state index in [1.165, 1.54) is 11.3 Å². The van der Waals surface area contributed by atoms with Gasteiger partial charge in [0, 0.05) is 44.3 Å². The number of rotatable bonds is 3. The van der Waals surface area contributed by atoms with Gasteiger partial charge in [0.1, 0.15) is 6.54 Å². The molecular weight excluding hydrogens is 264 g/mol. The lowest BCUT2D eigenvalue weighted by molar-refractivity contribution is -0.132. The van der Waals surface area contributed by atoms with Crippen LogP contribution in [-0.2, 0) is 11.3 Å². The molecule has 21 heavy (non-hydrogen) atoms. The molecule has 1 saturated heterocycles. The highest BCUT2D eigenvalue weighted by atomic mass is 16.2. The van der Waals surface area contributed by atoms with Gasteiger partial charge in [0.25, 0.3) is 0 Å². The normalized spacial score (nSPS) is 15.3. The number of amides is 1. The van der Waals surface area contributed by atoms with Crippen LogP contribution < -0.4 is 4.90 Å². The molecule has 1 fully saturated rings. The van der Waals surface area contributed by atoms with Crippen molar-refractivity contribution in [2.24, 2.45) is 0 Å². The third kappa shape index (κ3) is 3.24. The van der Waals surface area contributed by atoms with E-state index in [9.17, 15) is 4.79 Å². The second kappa shape index (κ2) is 5.99. The Hall–Kier alpha value is -2.30.